The maximum atomic E-state index is 14.0. The highest BCUT2D eigenvalue weighted by Crippen LogP contribution is 2.46. The predicted octanol–water partition coefficient (Wildman–Crippen LogP) is 1.45. The molecule has 2 saturated heterocycles. The van der Waals surface area contributed by atoms with Gasteiger partial charge in [-0.25, -0.2) is 9.69 Å². The van der Waals surface area contributed by atoms with Gasteiger partial charge in [-0.15, -0.1) is 0 Å². The second-order valence-electron chi connectivity index (χ2n) is 8.00. The van der Waals surface area contributed by atoms with Gasteiger partial charge in [0.05, 0.1) is 24.9 Å². The molecule has 2 aromatic rings. The van der Waals surface area contributed by atoms with E-state index < -0.39 is 29.3 Å². The summed E-state index contributed by atoms with van der Waals surface area (Å²) in [6.07, 6.45) is 0.187. The van der Waals surface area contributed by atoms with Crippen LogP contribution >= 0.6 is 0 Å². The number of barbiturate groups is 1. The molecule has 2 aromatic carbocycles. The van der Waals surface area contributed by atoms with Crippen molar-refractivity contribution in [2.75, 3.05) is 36.4 Å². The molecule has 4 aliphatic rings. The molecule has 158 valence electrons. The number of ether oxygens (including phenoxy) is 3. The van der Waals surface area contributed by atoms with E-state index >= 15 is 0 Å². The van der Waals surface area contributed by atoms with Crippen LogP contribution in [0, 0.1) is 5.41 Å². The van der Waals surface area contributed by atoms with E-state index in [0.717, 1.165) is 16.2 Å². The SMILES string of the molecule is O=C1NC(=O)C2(Cc3ccccc3N3CCOCC32)C(=O)N1c1ccc2c(c1)OCO2. The van der Waals surface area contributed by atoms with Gasteiger partial charge >= 0.3 is 6.03 Å². The molecule has 0 bridgehead atoms. The fourth-order valence-corrected chi connectivity index (χ4v) is 5.02. The lowest BCUT2D eigenvalue weighted by Crippen LogP contribution is -2.74. The Hall–Kier alpha value is -3.59. The lowest BCUT2D eigenvalue weighted by atomic mass is 9.68. The highest BCUT2D eigenvalue weighted by Gasteiger charge is 2.62. The van der Waals surface area contributed by atoms with E-state index in [4.69, 9.17) is 14.2 Å². The zero-order chi connectivity index (χ0) is 21.2. The smallest absolute Gasteiger partial charge is 0.335 e. The van der Waals surface area contributed by atoms with E-state index in [0.29, 0.717) is 30.3 Å². The number of nitrogens with one attached hydrogen (secondary N) is 1. The minimum Gasteiger partial charge on any atom is -0.454 e. The van der Waals surface area contributed by atoms with Crippen molar-refractivity contribution in [3.8, 4) is 11.5 Å². The molecule has 0 radical (unpaired) electrons. The summed E-state index contributed by atoms with van der Waals surface area (Å²) in [4.78, 5) is 43.2. The maximum absolute atomic E-state index is 14.0. The van der Waals surface area contributed by atoms with E-state index in [1.54, 1.807) is 18.2 Å². The third-order valence-electron chi connectivity index (χ3n) is 6.50. The van der Waals surface area contributed by atoms with Crippen molar-refractivity contribution in [1.82, 2.24) is 5.32 Å². The van der Waals surface area contributed by atoms with E-state index in [1.807, 2.05) is 24.3 Å². The monoisotopic (exact) mass is 421 g/mol. The quantitative estimate of drug-likeness (QED) is 0.696. The lowest BCUT2D eigenvalue weighted by Gasteiger charge is -2.53. The fourth-order valence-electron chi connectivity index (χ4n) is 5.02. The summed E-state index contributed by atoms with van der Waals surface area (Å²) in [5.41, 5.74) is 0.720. The Morgan fingerprint density at radius 1 is 1.03 bits per heavy atom. The molecule has 4 aliphatic heterocycles. The van der Waals surface area contributed by atoms with Gasteiger partial charge in [0.25, 0.3) is 5.91 Å². The molecule has 1 spiro atoms. The van der Waals surface area contributed by atoms with Gasteiger partial charge in [0.2, 0.25) is 12.7 Å². The Morgan fingerprint density at radius 2 is 1.87 bits per heavy atom. The largest absolute Gasteiger partial charge is 0.454 e. The fraction of sp³-hybridized carbons (Fsp3) is 0.318. The van der Waals surface area contributed by atoms with Crippen molar-refractivity contribution >= 4 is 29.2 Å². The summed E-state index contributed by atoms with van der Waals surface area (Å²) >= 11 is 0. The number of carbonyl (C=O) groups excluding carboxylic acids is 3. The third kappa shape index (κ3) is 2.43. The molecule has 2 fully saturated rings. The number of amides is 4. The Balaban J connectivity index is 1.48. The summed E-state index contributed by atoms with van der Waals surface area (Å²) in [5.74, 6) is -0.164. The number of urea groups is 1. The first-order chi connectivity index (χ1) is 15.1. The van der Waals surface area contributed by atoms with Crippen molar-refractivity contribution in [3.05, 3.63) is 48.0 Å². The zero-order valence-electron chi connectivity index (χ0n) is 16.5. The van der Waals surface area contributed by atoms with Crippen LogP contribution in [0.3, 0.4) is 0 Å². The van der Waals surface area contributed by atoms with E-state index in [2.05, 4.69) is 10.2 Å². The Labute approximate surface area is 177 Å². The minimum atomic E-state index is -1.49. The lowest BCUT2D eigenvalue weighted by molar-refractivity contribution is -0.146. The van der Waals surface area contributed by atoms with Crippen molar-refractivity contribution in [2.24, 2.45) is 5.41 Å². The summed E-state index contributed by atoms with van der Waals surface area (Å²) in [6.45, 7) is 1.35. The first kappa shape index (κ1) is 18.2. The Bertz CT molecular complexity index is 1130. The number of imide groups is 2. The van der Waals surface area contributed by atoms with Crippen molar-refractivity contribution in [1.29, 1.82) is 0 Å². The molecule has 4 heterocycles. The first-order valence-corrected chi connectivity index (χ1v) is 10.1. The number of hydrogen-bond acceptors (Lipinski definition) is 7. The highest BCUT2D eigenvalue weighted by atomic mass is 16.7. The Kier molecular flexibility index (Phi) is 3.79. The average molecular weight is 421 g/mol. The van der Waals surface area contributed by atoms with Crippen molar-refractivity contribution in [2.45, 2.75) is 12.5 Å². The van der Waals surface area contributed by atoms with E-state index in [1.165, 1.54) is 0 Å². The Morgan fingerprint density at radius 3 is 2.77 bits per heavy atom. The number of carbonyl (C=O) groups is 3. The molecule has 0 aliphatic carbocycles. The molecule has 0 saturated carbocycles. The van der Waals surface area contributed by atoms with Gasteiger partial charge in [-0.05, 0) is 30.2 Å². The van der Waals surface area contributed by atoms with Crippen molar-refractivity contribution < 1.29 is 28.6 Å². The highest BCUT2D eigenvalue weighted by molar-refractivity contribution is 6.30. The molecular weight excluding hydrogens is 402 g/mol. The van der Waals surface area contributed by atoms with Gasteiger partial charge in [0.1, 0.15) is 0 Å². The van der Waals surface area contributed by atoms with Crippen LogP contribution in [0.5, 0.6) is 11.5 Å². The molecule has 4 amide bonds. The standard InChI is InChI=1S/C22H19N3O6/c26-19-22(10-13-3-1-2-4-15(13)24-7-8-29-11-18(22)24)20(27)25(21(28)23-19)14-5-6-16-17(9-14)31-12-30-16/h1-6,9,18H,7-8,10-12H2,(H,23,26,28). The third-order valence-corrected chi connectivity index (χ3v) is 6.50. The number of rotatable bonds is 1. The number of fused-ring (bicyclic) bond motifs is 5. The molecule has 6 rings (SSSR count). The van der Waals surface area contributed by atoms with E-state index in [9.17, 15) is 14.4 Å². The number of para-hydroxylation sites is 1. The number of hydrogen-bond donors (Lipinski definition) is 1. The number of nitrogens with zero attached hydrogens (tertiary/aromatic N) is 2. The summed E-state index contributed by atoms with van der Waals surface area (Å²) in [5, 5.41) is 2.42. The minimum absolute atomic E-state index is 0.0759. The summed E-state index contributed by atoms with van der Waals surface area (Å²) < 4.78 is 16.4. The van der Waals surface area contributed by atoms with Crippen LogP contribution in [-0.4, -0.2) is 50.4 Å². The predicted molar refractivity (Wildman–Crippen MR) is 108 cm³/mol. The van der Waals surface area contributed by atoms with Gasteiger partial charge in [-0.2, -0.15) is 0 Å². The molecule has 0 aromatic heterocycles. The number of benzene rings is 2. The van der Waals surface area contributed by atoms with Crippen molar-refractivity contribution in [3.63, 3.8) is 0 Å². The van der Waals surface area contributed by atoms with E-state index in [-0.39, 0.29) is 19.8 Å². The normalized spacial score (nSPS) is 26.6. The molecule has 9 nitrogen and oxygen atoms in total. The average Bonchev–Trinajstić information content (AvgIpc) is 3.26. The van der Waals surface area contributed by atoms with Gasteiger partial charge in [0.15, 0.2) is 16.9 Å². The molecule has 2 unspecified atom stereocenters. The second kappa shape index (κ2) is 6.45. The van der Waals surface area contributed by atoms with Crippen LogP contribution in [0.1, 0.15) is 5.56 Å². The maximum Gasteiger partial charge on any atom is 0.335 e. The van der Waals surface area contributed by atoms with Crippen LogP contribution in [0.15, 0.2) is 42.5 Å². The molecular formula is C22H19N3O6. The van der Waals surface area contributed by atoms with Crippen LogP contribution < -0.4 is 24.6 Å². The topological polar surface area (TPSA) is 97.4 Å². The second-order valence-corrected chi connectivity index (χ2v) is 8.00. The van der Waals surface area contributed by atoms with Crippen LogP contribution in [0.25, 0.3) is 0 Å². The van der Waals surface area contributed by atoms with Gasteiger partial charge in [-0.1, -0.05) is 18.2 Å². The van der Waals surface area contributed by atoms with Crippen LogP contribution in [0.2, 0.25) is 0 Å². The molecule has 2 atom stereocenters. The zero-order valence-corrected chi connectivity index (χ0v) is 16.5. The van der Waals surface area contributed by atoms with Gasteiger partial charge in [-0.3, -0.25) is 14.9 Å². The summed E-state index contributed by atoms with van der Waals surface area (Å²) in [6, 6.07) is 11.3. The van der Waals surface area contributed by atoms with Gasteiger partial charge < -0.3 is 19.1 Å². The molecule has 9 heteroatoms. The summed E-state index contributed by atoms with van der Waals surface area (Å²) in [7, 11) is 0. The van der Waals surface area contributed by atoms with Crippen LogP contribution in [0.4, 0.5) is 16.2 Å². The molecule has 1 N–H and O–H groups in total. The first-order valence-electron chi connectivity index (χ1n) is 10.1. The molecule has 31 heavy (non-hydrogen) atoms. The van der Waals surface area contributed by atoms with Crippen LogP contribution in [-0.2, 0) is 20.7 Å². The number of morpholine rings is 1. The number of anilines is 2. The van der Waals surface area contributed by atoms with Gasteiger partial charge in [0, 0.05) is 18.3 Å².